The van der Waals surface area contributed by atoms with Crippen LogP contribution in [0.25, 0.3) is 10.2 Å². The third-order valence-corrected chi connectivity index (χ3v) is 4.72. The summed E-state index contributed by atoms with van der Waals surface area (Å²) in [5.74, 6) is 0. The van der Waals surface area contributed by atoms with Crippen molar-refractivity contribution in [1.82, 2.24) is 10.3 Å². The summed E-state index contributed by atoms with van der Waals surface area (Å²) < 4.78 is 6.45. The van der Waals surface area contributed by atoms with Crippen LogP contribution in [0.5, 0.6) is 0 Å². The van der Waals surface area contributed by atoms with Gasteiger partial charge in [-0.3, -0.25) is 0 Å². The third kappa shape index (κ3) is 2.79. The molecular formula is C14H18N2O2S. The van der Waals surface area contributed by atoms with Crippen LogP contribution in [0.3, 0.4) is 0 Å². The van der Waals surface area contributed by atoms with Crippen LogP contribution in [-0.2, 0) is 4.74 Å². The molecule has 0 saturated carbocycles. The van der Waals surface area contributed by atoms with Crippen LogP contribution in [0.4, 0.5) is 0 Å². The minimum atomic E-state index is -0.717. The Hall–Kier alpha value is -1.01. The van der Waals surface area contributed by atoms with Gasteiger partial charge in [-0.15, -0.1) is 11.3 Å². The van der Waals surface area contributed by atoms with Crippen molar-refractivity contribution in [3.05, 3.63) is 29.3 Å². The predicted molar refractivity (Wildman–Crippen MR) is 76.4 cm³/mol. The molecule has 0 spiro atoms. The summed E-state index contributed by atoms with van der Waals surface area (Å²) in [5.41, 5.74) is 0.323. The summed E-state index contributed by atoms with van der Waals surface area (Å²) in [7, 11) is 0. The van der Waals surface area contributed by atoms with Crippen LogP contribution in [0.1, 0.15) is 24.4 Å². The number of aromatic nitrogens is 1. The Morgan fingerprint density at radius 1 is 1.53 bits per heavy atom. The highest BCUT2D eigenvalue weighted by Crippen LogP contribution is 2.26. The van der Waals surface area contributed by atoms with E-state index in [1.807, 2.05) is 18.2 Å². The molecule has 1 aromatic carbocycles. The summed E-state index contributed by atoms with van der Waals surface area (Å²) in [6.45, 7) is 3.70. The van der Waals surface area contributed by atoms with Crippen molar-refractivity contribution in [3.63, 3.8) is 0 Å². The van der Waals surface area contributed by atoms with Crippen molar-refractivity contribution in [2.45, 2.75) is 25.0 Å². The molecule has 0 amide bonds. The lowest BCUT2D eigenvalue weighted by Gasteiger charge is -2.22. The van der Waals surface area contributed by atoms with Gasteiger partial charge < -0.3 is 15.2 Å². The highest BCUT2D eigenvalue weighted by atomic mass is 32.1. The minimum Gasteiger partial charge on any atom is -0.386 e. The molecule has 19 heavy (non-hydrogen) atoms. The molecule has 1 aromatic heterocycles. The number of rotatable bonds is 4. The van der Waals surface area contributed by atoms with Crippen molar-refractivity contribution in [1.29, 1.82) is 0 Å². The Bertz CT molecular complexity index is 530. The monoisotopic (exact) mass is 278 g/mol. The fourth-order valence-electron chi connectivity index (χ4n) is 2.24. The first kappa shape index (κ1) is 13.0. The van der Waals surface area contributed by atoms with Gasteiger partial charge in [-0.1, -0.05) is 12.1 Å². The molecule has 2 aromatic rings. The van der Waals surface area contributed by atoms with E-state index in [2.05, 4.69) is 23.3 Å². The van der Waals surface area contributed by atoms with E-state index >= 15 is 0 Å². The fourth-order valence-corrected chi connectivity index (χ4v) is 3.24. The number of ether oxygens (including phenoxy) is 1. The molecule has 0 bridgehead atoms. The predicted octanol–water partition coefficient (Wildman–Crippen LogP) is 2.10. The van der Waals surface area contributed by atoms with Gasteiger partial charge in [0.25, 0.3) is 0 Å². The number of para-hydroxylation sites is 1. The van der Waals surface area contributed by atoms with E-state index in [4.69, 9.17) is 4.74 Å². The summed E-state index contributed by atoms with van der Waals surface area (Å²) in [5, 5.41) is 14.6. The van der Waals surface area contributed by atoms with Crippen molar-refractivity contribution in [2.75, 3.05) is 19.8 Å². The standard InChI is InChI=1S/C14H18N2O2S/c1-10(15-8-14(17)6-7-18-9-14)13-16-11-4-2-3-5-12(11)19-13/h2-5,10,15,17H,6-9H2,1H3. The Morgan fingerprint density at radius 2 is 2.37 bits per heavy atom. The lowest BCUT2D eigenvalue weighted by Crippen LogP contribution is -2.41. The van der Waals surface area contributed by atoms with Gasteiger partial charge in [0, 0.05) is 19.6 Å². The number of nitrogens with zero attached hydrogens (tertiary/aromatic N) is 1. The van der Waals surface area contributed by atoms with Gasteiger partial charge in [0.2, 0.25) is 0 Å². The maximum absolute atomic E-state index is 10.2. The molecule has 5 heteroatoms. The average Bonchev–Trinajstić information content (AvgIpc) is 3.02. The highest BCUT2D eigenvalue weighted by molar-refractivity contribution is 7.18. The smallest absolute Gasteiger partial charge is 0.111 e. The second kappa shape index (κ2) is 5.17. The first-order chi connectivity index (χ1) is 9.16. The van der Waals surface area contributed by atoms with Crippen LogP contribution in [0, 0.1) is 0 Å². The first-order valence-electron chi connectivity index (χ1n) is 6.55. The molecule has 2 atom stereocenters. The Balaban J connectivity index is 1.68. The molecular weight excluding hydrogens is 260 g/mol. The molecule has 0 aliphatic carbocycles. The summed E-state index contributed by atoms with van der Waals surface area (Å²) in [6.07, 6.45) is 0.701. The summed E-state index contributed by atoms with van der Waals surface area (Å²) in [6, 6.07) is 8.29. The summed E-state index contributed by atoms with van der Waals surface area (Å²) in [4.78, 5) is 4.62. The van der Waals surface area contributed by atoms with E-state index in [-0.39, 0.29) is 6.04 Å². The van der Waals surface area contributed by atoms with Crippen molar-refractivity contribution in [3.8, 4) is 0 Å². The van der Waals surface area contributed by atoms with E-state index in [9.17, 15) is 5.11 Å². The highest BCUT2D eigenvalue weighted by Gasteiger charge is 2.32. The molecule has 1 fully saturated rings. The number of aliphatic hydroxyl groups is 1. The Labute approximate surface area is 116 Å². The molecule has 4 nitrogen and oxygen atoms in total. The molecule has 0 radical (unpaired) electrons. The third-order valence-electron chi connectivity index (χ3n) is 3.50. The number of hydrogen-bond donors (Lipinski definition) is 2. The quantitative estimate of drug-likeness (QED) is 0.899. The van der Waals surface area contributed by atoms with Gasteiger partial charge in [0.15, 0.2) is 0 Å². The van der Waals surface area contributed by atoms with E-state index in [1.54, 1.807) is 11.3 Å². The van der Waals surface area contributed by atoms with E-state index in [1.165, 1.54) is 4.70 Å². The molecule has 2 heterocycles. The zero-order chi connectivity index (χ0) is 13.3. The Kier molecular flexibility index (Phi) is 3.54. The van der Waals surface area contributed by atoms with E-state index < -0.39 is 5.60 Å². The van der Waals surface area contributed by atoms with Gasteiger partial charge in [0.05, 0.1) is 22.9 Å². The van der Waals surface area contributed by atoms with Crippen molar-refractivity contribution < 1.29 is 9.84 Å². The Morgan fingerprint density at radius 3 is 3.11 bits per heavy atom. The molecule has 2 N–H and O–H groups in total. The summed E-state index contributed by atoms with van der Waals surface area (Å²) >= 11 is 1.70. The van der Waals surface area contributed by atoms with Crippen LogP contribution in [0.2, 0.25) is 0 Å². The first-order valence-corrected chi connectivity index (χ1v) is 7.37. The zero-order valence-electron chi connectivity index (χ0n) is 10.9. The van der Waals surface area contributed by atoms with E-state index in [0.717, 1.165) is 10.5 Å². The van der Waals surface area contributed by atoms with E-state index in [0.29, 0.717) is 26.2 Å². The molecule has 1 aliphatic heterocycles. The van der Waals surface area contributed by atoms with Gasteiger partial charge in [-0.25, -0.2) is 4.98 Å². The normalized spacial score (nSPS) is 24.9. The second-order valence-corrected chi connectivity index (χ2v) is 6.21. The average molecular weight is 278 g/mol. The minimum absolute atomic E-state index is 0.141. The number of thiazole rings is 1. The SMILES string of the molecule is CC(NCC1(O)CCOC1)c1nc2ccccc2s1. The number of benzene rings is 1. The van der Waals surface area contributed by atoms with Crippen LogP contribution in [0.15, 0.2) is 24.3 Å². The largest absolute Gasteiger partial charge is 0.386 e. The molecule has 3 rings (SSSR count). The lowest BCUT2D eigenvalue weighted by molar-refractivity contribution is 0.0252. The maximum atomic E-state index is 10.2. The topological polar surface area (TPSA) is 54.4 Å². The van der Waals surface area contributed by atoms with Gasteiger partial charge in [-0.05, 0) is 19.1 Å². The van der Waals surface area contributed by atoms with Gasteiger partial charge in [-0.2, -0.15) is 0 Å². The number of nitrogens with one attached hydrogen (secondary N) is 1. The van der Waals surface area contributed by atoms with Crippen molar-refractivity contribution in [2.24, 2.45) is 0 Å². The number of hydrogen-bond acceptors (Lipinski definition) is 5. The van der Waals surface area contributed by atoms with Crippen LogP contribution < -0.4 is 5.32 Å². The second-order valence-electron chi connectivity index (χ2n) is 5.15. The van der Waals surface area contributed by atoms with Crippen LogP contribution >= 0.6 is 11.3 Å². The van der Waals surface area contributed by atoms with Crippen LogP contribution in [-0.4, -0.2) is 35.5 Å². The molecule has 1 saturated heterocycles. The maximum Gasteiger partial charge on any atom is 0.111 e. The molecule has 2 unspecified atom stereocenters. The molecule has 102 valence electrons. The fraction of sp³-hybridized carbons (Fsp3) is 0.500. The van der Waals surface area contributed by atoms with Gasteiger partial charge in [0.1, 0.15) is 10.6 Å². The zero-order valence-corrected chi connectivity index (χ0v) is 11.7. The lowest BCUT2D eigenvalue weighted by atomic mass is 10.0. The van der Waals surface area contributed by atoms with Crippen molar-refractivity contribution >= 4 is 21.6 Å². The number of fused-ring (bicyclic) bond motifs is 1. The molecule has 1 aliphatic rings. The van der Waals surface area contributed by atoms with Gasteiger partial charge >= 0.3 is 0 Å².